The van der Waals surface area contributed by atoms with Crippen molar-refractivity contribution in [3.8, 4) is 10.7 Å². The van der Waals surface area contributed by atoms with Crippen LogP contribution in [0.15, 0.2) is 39.5 Å². The van der Waals surface area contributed by atoms with Crippen molar-refractivity contribution >= 4 is 34.5 Å². The lowest BCUT2D eigenvalue weighted by Gasteiger charge is -2.36. The molecule has 0 radical (unpaired) electrons. The average molecular weight is 458 g/mol. The Labute approximate surface area is 188 Å². The minimum Gasteiger partial charge on any atom is -0.338 e. The molecule has 5 heterocycles. The van der Waals surface area contributed by atoms with E-state index >= 15 is 0 Å². The van der Waals surface area contributed by atoms with Gasteiger partial charge in [0.1, 0.15) is 6.04 Å². The second-order valence-corrected chi connectivity index (χ2v) is 9.62. The SMILES string of the molecule is O=C([C@@H]1CCCN1C(=O)c1cccs1)N1CCN(Cc2nc(-c3cccs3)no2)CC1. The van der Waals surface area contributed by atoms with Crippen molar-refractivity contribution in [1.82, 2.24) is 24.8 Å². The van der Waals surface area contributed by atoms with Crippen LogP contribution in [0.4, 0.5) is 0 Å². The maximum atomic E-state index is 13.2. The van der Waals surface area contributed by atoms with Crippen LogP contribution in [0.3, 0.4) is 0 Å². The van der Waals surface area contributed by atoms with Gasteiger partial charge in [0.2, 0.25) is 17.6 Å². The minimum atomic E-state index is -0.342. The molecule has 2 aliphatic heterocycles. The average Bonchev–Trinajstić information content (AvgIpc) is 3.59. The van der Waals surface area contributed by atoms with Crippen molar-refractivity contribution in [3.05, 3.63) is 45.8 Å². The number of amides is 2. The van der Waals surface area contributed by atoms with Crippen molar-refractivity contribution in [1.29, 1.82) is 0 Å². The van der Waals surface area contributed by atoms with Gasteiger partial charge >= 0.3 is 0 Å². The highest BCUT2D eigenvalue weighted by Crippen LogP contribution is 2.25. The molecule has 2 fully saturated rings. The molecule has 8 nitrogen and oxygen atoms in total. The summed E-state index contributed by atoms with van der Waals surface area (Å²) in [6.07, 6.45) is 1.61. The highest BCUT2D eigenvalue weighted by atomic mass is 32.1. The van der Waals surface area contributed by atoms with Gasteiger partial charge in [-0.1, -0.05) is 17.3 Å². The summed E-state index contributed by atoms with van der Waals surface area (Å²) in [5, 5.41) is 7.94. The first-order valence-corrected chi connectivity index (χ1v) is 12.2. The highest BCUT2D eigenvalue weighted by Gasteiger charge is 2.38. The summed E-state index contributed by atoms with van der Waals surface area (Å²) >= 11 is 3.01. The highest BCUT2D eigenvalue weighted by molar-refractivity contribution is 7.13. The Bertz CT molecular complexity index is 1030. The van der Waals surface area contributed by atoms with E-state index in [4.69, 9.17) is 4.52 Å². The van der Waals surface area contributed by atoms with Gasteiger partial charge in [0, 0.05) is 32.7 Å². The quantitative estimate of drug-likeness (QED) is 0.586. The predicted molar refractivity (Wildman–Crippen MR) is 118 cm³/mol. The molecular weight excluding hydrogens is 434 g/mol. The van der Waals surface area contributed by atoms with Gasteiger partial charge in [-0.15, -0.1) is 22.7 Å². The number of nitrogens with zero attached hydrogens (tertiary/aromatic N) is 5. The van der Waals surface area contributed by atoms with Crippen molar-refractivity contribution in [2.45, 2.75) is 25.4 Å². The molecule has 0 bridgehead atoms. The van der Waals surface area contributed by atoms with Gasteiger partial charge in [-0.25, -0.2) is 0 Å². The summed E-state index contributed by atoms with van der Waals surface area (Å²) in [4.78, 5) is 38.0. The molecule has 3 aromatic rings. The lowest BCUT2D eigenvalue weighted by atomic mass is 10.1. The normalized spacial score (nSPS) is 19.8. The minimum absolute atomic E-state index is 0.0255. The van der Waals surface area contributed by atoms with E-state index < -0.39 is 0 Å². The van der Waals surface area contributed by atoms with E-state index in [2.05, 4.69) is 15.0 Å². The molecule has 0 saturated carbocycles. The van der Waals surface area contributed by atoms with Gasteiger partial charge in [-0.05, 0) is 35.7 Å². The summed E-state index contributed by atoms with van der Waals surface area (Å²) in [7, 11) is 0. The lowest BCUT2D eigenvalue weighted by Crippen LogP contribution is -2.54. The zero-order valence-corrected chi connectivity index (χ0v) is 18.6. The van der Waals surface area contributed by atoms with Crippen LogP contribution in [-0.4, -0.2) is 75.4 Å². The summed E-state index contributed by atoms with van der Waals surface area (Å²) in [5.41, 5.74) is 0. The Morgan fingerprint density at radius 2 is 1.87 bits per heavy atom. The first-order valence-electron chi connectivity index (χ1n) is 10.4. The van der Waals surface area contributed by atoms with Crippen molar-refractivity contribution in [3.63, 3.8) is 0 Å². The second kappa shape index (κ2) is 8.89. The Balaban J connectivity index is 1.16. The topological polar surface area (TPSA) is 82.8 Å². The fourth-order valence-corrected chi connectivity index (χ4v) is 5.49. The van der Waals surface area contributed by atoms with E-state index in [0.717, 1.165) is 30.8 Å². The van der Waals surface area contributed by atoms with Crippen LogP contribution in [0.1, 0.15) is 28.4 Å². The fourth-order valence-electron chi connectivity index (χ4n) is 4.16. The second-order valence-electron chi connectivity index (χ2n) is 7.72. The van der Waals surface area contributed by atoms with Crippen LogP contribution in [-0.2, 0) is 11.3 Å². The number of piperazine rings is 1. The Kier molecular flexibility index (Phi) is 5.84. The van der Waals surface area contributed by atoms with Gasteiger partial charge in [0.05, 0.1) is 16.3 Å². The lowest BCUT2D eigenvalue weighted by molar-refractivity contribution is -0.137. The smallest absolute Gasteiger partial charge is 0.264 e. The van der Waals surface area contributed by atoms with E-state index in [1.54, 1.807) is 16.2 Å². The Morgan fingerprint density at radius 1 is 1.06 bits per heavy atom. The van der Waals surface area contributed by atoms with Crippen LogP contribution >= 0.6 is 22.7 Å². The third-order valence-electron chi connectivity index (χ3n) is 5.78. The number of likely N-dealkylation sites (tertiary alicyclic amines) is 1. The van der Waals surface area contributed by atoms with Gasteiger partial charge in [-0.2, -0.15) is 4.98 Å². The van der Waals surface area contributed by atoms with Crippen LogP contribution < -0.4 is 0 Å². The number of hydrogen-bond donors (Lipinski definition) is 0. The molecule has 0 aliphatic carbocycles. The number of carbonyl (C=O) groups excluding carboxylic acids is 2. The molecule has 0 aromatic carbocycles. The van der Waals surface area contributed by atoms with E-state index in [1.165, 1.54) is 11.3 Å². The molecule has 3 aromatic heterocycles. The van der Waals surface area contributed by atoms with E-state index in [9.17, 15) is 9.59 Å². The molecule has 31 heavy (non-hydrogen) atoms. The van der Waals surface area contributed by atoms with Crippen LogP contribution in [0.25, 0.3) is 10.7 Å². The van der Waals surface area contributed by atoms with Crippen molar-refractivity contribution in [2.24, 2.45) is 0 Å². The third kappa shape index (κ3) is 4.28. The third-order valence-corrected chi connectivity index (χ3v) is 7.51. The molecule has 5 rings (SSSR count). The number of carbonyl (C=O) groups is 2. The fraction of sp³-hybridized carbons (Fsp3) is 0.429. The molecule has 1 atom stereocenters. The van der Waals surface area contributed by atoms with Gasteiger partial charge in [-0.3, -0.25) is 14.5 Å². The van der Waals surface area contributed by atoms with Crippen LogP contribution in [0.2, 0.25) is 0 Å². The number of thiophene rings is 2. The van der Waals surface area contributed by atoms with Crippen molar-refractivity contribution in [2.75, 3.05) is 32.7 Å². The number of hydrogen-bond acceptors (Lipinski definition) is 8. The van der Waals surface area contributed by atoms with Crippen LogP contribution in [0, 0.1) is 0 Å². The number of rotatable bonds is 5. The van der Waals surface area contributed by atoms with Crippen molar-refractivity contribution < 1.29 is 14.1 Å². The molecule has 2 saturated heterocycles. The molecule has 2 amide bonds. The summed E-state index contributed by atoms with van der Waals surface area (Å²) in [6, 6.07) is 7.29. The zero-order chi connectivity index (χ0) is 21.2. The summed E-state index contributed by atoms with van der Waals surface area (Å²) in [5.74, 6) is 1.25. The van der Waals surface area contributed by atoms with Crippen LogP contribution in [0.5, 0.6) is 0 Å². The maximum absolute atomic E-state index is 13.2. The molecule has 2 aliphatic rings. The van der Waals surface area contributed by atoms with E-state index in [1.807, 2.05) is 39.9 Å². The zero-order valence-electron chi connectivity index (χ0n) is 17.0. The first-order chi connectivity index (χ1) is 15.2. The Hall–Kier alpha value is -2.56. The van der Waals surface area contributed by atoms with Gasteiger partial charge in [0.15, 0.2) is 0 Å². The first kappa shape index (κ1) is 20.3. The monoisotopic (exact) mass is 457 g/mol. The standard InChI is InChI=1S/C21H23N5O3S2/c27-20(15-4-1-7-26(15)21(28)17-6-3-13-31-17)25-10-8-24(9-11-25)14-18-22-19(23-29-18)16-5-2-12-30-16/h2-3,5-6,12-13,15H,1,4,7-11,14H2/t15-/m0/s1. The van der Waals surface area contributed by atoms with E-state index in [-0.39, 0.29) is 17.9 Å². The van der Waals surface area contributed by atoms with E-state index in [0.29, 0.717) is 42.8 Å². The molecular formula is C21H23N5O3S2. The largest absolute Gasteiger partial charge is 0.338 e. The maximum Gasteiger partial charge on any atom is 0.264 e. The molecule has 0 spiro atoms. The number of aromatic nitrogens is 2. The molecule has 162 valence electrons. The van der Waals surface area contributed by atoms with Gasteiger partial charge < -0.3 is 14.3 Å². The molecule has 0 N–H and O–H groups in total. The summed E-state index contributed by atoms with van der Waals surface area (Å²) < 4.78 is 5.40. The van der Waals surface area contributed by atoms with Gasteiger partial charge in [0.25, 0.3) is 5.91 Å². The predicted octanol–water partition coefficient (Wildman–Crippen LogP) is 2.81. The molecule has 0 unspecified atom stereocenters. The summed E-state index contributed by atoms with van der Waals surface area (Å²) in [6.45, 7) is 4.00. The molecule has 10 heteroatoms. The Morgan fingerprint density at radius 3 is 2.61 bits per heavy atom.